The summed E-state index contributed by atoms with van der Waals surface area (Å²) >= 11 is 0. The molecule has 6 aromatic carbocycles. The highest BCUT2D eigenvalue weighted by Gasteiger charge is 2.18. The third kappa shape index (κ3) is 6.75. The monoisotopic (exact) mass is 698 g/mol. The Kier molecular flexibility index (Phi) is 9.74. The molecule has 0 aliphatic rings. The number of rotatable bonds is 9. The van der Waals surface area contributed by atoms with Gasteiger partial charge in [-0.15, -0.1) is 0 Å². The van der Waals surface area contributed by atoms with Gasteiger partial charge >= 0.3 is 0 Å². The Hall–Kier alpha value is -6.52. The average Bonchev–Trinajstić information content (AvgIpc) is 3.23. The first-order valence-electron chi connectivity index (χ1n) is 18.8. The van der Waals surface area contributed by atoms with Crippen LogP contribution < -0.4 is 0 Å². The lowest BCUT2D eigenvalue weighted by atomic mass is 9.86. The molecule has 262 valence electrons. The maximum Gasteiger partial charge on any atom is 0.164 e. The summed E-state index contributed by atoms with van der Waals surface area (Å²) < 4.78 is 0. The molecule has 0 N–H and O–H groups in total. The van der Waals surface area contributed by atoms with Crippen molar-refractivity contribution in [3.05, 3.63) is 168 Å². The van der Waals surface area contributed by atoms with Crippen LogP contribution in [-0.4, -0.2) is 19.9 Å². The van der Waals surface area contributed by atoms with Crippen molar-refractivity contribution in [3.8, 4) is 56.4 Å². The van der Waals surface area contributed by atoms with Gasteiger partial charge in [0, 0.05) is 33.8 Å². The largest absolute Gasteiger partial charge is 0.256 e. The molecule has 4 nitrogen and oxygen atoms in total. The minimum atomic E-state index is 0.617. The molecule has 0 aliphatic heterocycles. The second-order valence-corrected chi connectivity index (χ2v) is 13.6. The smallest absolute Gasteiger partial charge is 0.164 e. The summed E-state index contributed by atoms with van der Waals surface area (Å²) in [5, 5.41) is 3.61. The molecule has 2 heterocycles. The van der Waals surface area contributed by atoms with Gasteiger partial charge in [0.15, 0.2) is 17.5 Å². The molecule has 0 amide bonds. The van der Waals surface area contributed by atoms with Crippen molar-refractivity contribution in [3.63, 3.8) is 0 Å². The molecular formula is C50H42N4. The van der Waals surface area contributed by atoms with Crippen molar-refractivity contribution in [1.82, 2.24) is 19.9 Å². The Morgan fingerprint density at radius 1 is 0.519 bits per heavy atom. The highest BCUT2D eigenvalue weighted by Crippen LogP contribution is 2.38. The molecule has 8 aromatic rings. The molecule has 4 heteroatoms. The van der Waals surface area contributed by atoms with E-state index in [0.717, 1.165) is 62.7 Å². The van der Waals surface area contributed by atoms with Gasteiger partial charge in [-0.1, -0.05) is 129 Å². The van der Waals surface area contributed by atoms with Crippen LogP contribution in [0.3, 0.4) is 0 Å². The van der Waals surface area contributed by atoms with E-state index in [-0.39, 0.29) is 0 Å². The van der Waals surface area contributed by atoms with Crippen molar-refractivity contribution < 1.29 is 0 Å². The van der Waals surface area contributed by atoms with Crippen molar-refractivity contribution >= 4 is 33.8 Å². The molecule has 0 atom stereocenters. The van der Waals surface area contributed by atoms with Gasteiger partial charge < -0.3 is 0 Å². The van der Waals surface area contributed by atoms with Crippen LogP contribution in [0, 0.1) is 6.92 Å². The number of aromatic nitrogens is 4. The Morgan fingerprint density at radius 3 is 1.78 bits per heavy atom. The highest BCUT2D eigenvalue weighted by atomic mass is 15.0. The summed E-state index contributed by atoms with van der Waals surface area (Å²) in [6, 6.07) is 44.4. The fourth-order valence-corrected chi connectivity index (χ4v) is 7.43. The fraction of sp³-hybridized carbons (Fsp3) is 0.120. The van der Waals surface area contributed by atoms with E-state index < -0.39 is 0 Å². The Morgan fingerprint density at radius 2 is 1.13 bits per heavy atom. The summed E-state index contributed by atoms with van der Waals surface area (Å²) in [6.07, 6.45) is 12.9. The topological polar surface area (TPSA) is 51.6 Å². The van der Waals surface area contributed by atoms with E-state index >= 15 is 0 Å². The highest BCUT2D eigenvalue weighted by molar-refractivity contribution is 6.01. The number of hydrogen-bond donors (Lipinski definition) is 0. The molecule has 0 saturated carbocycles. The van der Waals surface area contributed by atoms with Crippen molar-refractivity contribution in [2.45, 2.75) is 40.5 Å². The number of para-hydroxylation sites is 1. The molecule has 0 radical (unpaired) electrons. The van der Waals surface area contributed by atoms with E-state index in [0.29, 0.717) is 17.5 Å². The fourth-order valence-electron chi connectivity index (χ4n) is 7.43. The number of hydrogen-bond acceptors (Lipinski definition) is 4. The first-order valence-corrected chi connectivity index (χ1v) is 18.8. The van der Waals surface area contributed by atoms with Crippen LogP contribution in [0.15, 0.2) is 146 Å². The van der Waals surface area contributed by atoms with Gasteiger partial charge in [0.2, 0.25) is 0 Å². The second kappa shape index (κ2) is 15.2. The number of fused-ring (bicyclic) bond motifs is 2. The standard InChI is InChI=1S/C50H42N4/c1-5-8-23-43-33(4)42(7-3)44(17-6-2)46-31-36(25-26-45(43)46)38-28-39(41-27-37-22-15-16-24-47(37)51-32-41)30-40(29-38)50-53-48(34-18-11-9-12-19-34)52-49(54-50)35-20-13-10-14-21-35/h6,8-32H,5,7H2,1-4H3/b17-6-,23-8-. The van der Waals surface area contributed by atoms with Gasteiger partial charge in [0.25, 0.3) is 0 Å². The van der Waals surface area contributed by atoms with Crippen LogP contribution in [0.4, 0.5) is 0 Å². The summed E-state index contributed by atoms with van der Waals surface area (Å²) in [6.45, 7) is 8.82. The SMILES string of the molecule is C/C=C\c1c(CC)c(C)c(/C=C\CC)c2ccc(-c3cc(-c4cnc5ccccc5c4)cc(-c4nc(-c5ccccc5)nc(-c5ccccc5)n4)c3)cc12. The van der Waals surface area contributed by atoms with Gasteiger partial charge in [-0.05, 0) is 113 Å². The molecule has 0 unspecified atom stereocenters. The van der Waals surface area contributed by atoms with Crippen LogP contribution in [-0.2, 0) is 6.42 Å². The lowest BCUT2D eigenvalue weighted by Gasteiger charge is -2.18. The average molecular weight is 699 g/mol. The van der Waals surface area contributed by atoms with Crippen molar-refractivity contribution in [1.29, 1.82) is 0 Å². The van der Waals surface area contributed by atoms with E-state index in [4.69, 9.17) is 19.9 Å². The molecular weight excluding hydrogens is 657 g/mol. The van der Waals surface area contributed by atoms with E-state index in [1.807, 2.05) is 72.9 Å². The summed E-state index contributed by atoms with van der Waals surface area (Å²) in [4.78, 5) is 20.1. The molecule has 0 aliphatic carbocycles. The zero-order valence-electron chi connectivity index (χ0n) is 31.2. The van der Waals surface area contributed by atoms with Gasteiger partial charge in [-0.25, -0.2) is 15.0 Å². The minimum absolute atomic E-state index is 0.617. The predicted octanol–water partition coefficient (Wildman–Crippen LogP) is 13.2. The minimum Gasteiger partial charge on any atom is -0.256 e. The maximum atomic E-state index is 5.13. The molecule has 0 saturated heterocycles. The zero-order valence-corrected chi connectivity index (χ0v) is 31.2. The van der Waals surface area contributed by atoms with Gasteiger partial charge in [-0.3, -0.25) is 4.98 Å². The Balaban J connectivity index is 1.39. The zero-order chi connectivity index (χ0) is 37.0. The summed E-state index contributed by atoms with van der Waals surface area (Å²) in [7, 11) is 0. The number of allylic oxidation sites excluding steroid dienone is 2. The number of nitrogens with zero attached hydrogens (tertiary/aromatic N) is 4. The normalized spacial score (nSPS) is 11.7. The first-order chi connectivity index (χ1) is 26.5. The molecule has 0 bridgehead atoms. The van der Waals surface area contributed by atoms with E-state index in [1.54, 1.807) is 0 Å². The molecule has 0 fully saturated rings. The van der Waals surface area contributed by atoms with Crippen LogP contribution in [0.1, 0.15) is 49.4 Å². The van der Waals surface area contributed by atoms with Crippen LogP contribution in [0.25, 0.3) is 90.2 Å². The Bertz CT molecular complexity index is 2630. The van der Waals surface area contributed by atoms with E-state index in [1.165, 1.54) is 33.0 Å². The third-order valence-corrected chi connectivity index (χ3v) is 10.1. The molecule has 54 heavy (non-hydrogen) atoms. The third-order valence-electron chi connectivity index (χ3n) is 10.1. The van der Waals surface area contributed by atoms with Gasteiger partial charge in [-0.2, -0.15) is 0 Å². The van der Waals surface area contributed by atoms with E-state index in [9.17, 15) is 0 Å². The Labute approximate surface area is 317 Å². The van der Waals surface area contributed by atoms with E-state index in [2.05, 4.69) is 113 Å². The van der Waals surface area contributed by atoms with Crippen LogP contribution in [0.2, 0.25) is 0 Å². The van der Waals surface area contributed by atoms with Crippen LogP contribution >= 0.6 is 0 Å². The second-order valence-electron chi connectivity index (χ2n) is 13.6. The lowest BCUT2D eigenvalue weighted by Crippen LogP contribution is -2.00. The molecule has 8 rings (SSSR count). The number of benzene rings is 6. The lowest BCUT2D eigenvalue weighted by molar-refractivity contribution is 1.07. The van der Waals surface area contributed by atoms with Crippen molar-refractivity contribution in [2.24, 2.45) is 0 Å². The first kappa shape index (κ1) is 34.6. The van der Waals surface area contributed by atoms with Gasteiger partial charge in [0.1, 0.15) is 0 Å². The molecule has 2 aromatic heterocycles. The maximum absolute atomic E-state index is 5.13. The summed E-state index contributed by atoms with van der Waals surface area (Å²) in [5.41, 5.74) is 13.4. The van der Waals surface area contributed by atoms with Crippen molar-refractivity contribution in [2.75, 3.05) is 0 Å². The number of pyridine rings is 1. The predicted molar refractivity (Wildman–Crippen MR) is 228 cm³/mol. The van der Waals surface area contributed by atoms with Crippen LogP contribution in [0.5, 0.6) is 0 Å². The van der Waals surface area contributed by atoms with Gasteiger partial charge in [0.05, 0.1) is 5.52 Å². The quantitative estimate of drug-likeness (QED) is 0.151. The summed E-state index contributed by atoms with van der Waals surface area (Å²) in [5.74, 6) is 1.89. The molecule has 0 spiro atoms.